The highest BCUT2D eigenvalue weighted by Gasteiger charge is 2.22. The van der Waals surface area contributed by atoms with Crippen molar-refractivity contribution in [2.24, 2.45) is 0 Å². The van der Waals surface area contributed by atoms with E-state index in [1.54, 1.807) is 22.8 Å². The average Bonchev–Trinajstić information content (AvgIpc) is 3.39. The van der Waals surface area contributed by atoms with E-state index in [0.29, 0.717) is 43.8 Å². The third-order valence-electron chi connectivity index (χ3n) is 5.50. The molecule has 0 saturated carbocycles. The molecule has 0 spiro atoms. The fourth-order valence-electron chi connectivity index (χ4n) is 3.86. The van der Waals surface area contributed by atoms with Crippen molar-refractivity contribution >= 4 is 68.8 Å². The van der Waals surface area contributed by atoms with Crippen molar-refractivity contribution < 1.29 is 9.59 Å². The van der Waals surface area contributed by atoms with Gasteiger partial charge in [-0.1, -0.05) is 35.0 Å². The predicted octanol–water partition coefficient (Wildman–Crippen LogP) is 5.33. The second-order valence-corrected chi connectivity index (χ2v) is 10.7. The van der Waals surface area contributed by atoms with Crippen molar-refractivity contribution in [1.82, 2.24) is 14.8 Å². The van der Waals surface area contributed by atoms with Crippen molar-refractivity contribution in [1.29, 1.82) is 5.26 Å². The molecule has 2 N–H and O–H groups in total. The molecule has 0 unspecified atom stereocenters. The summed E-state index contributed by atoms with van der Waals surface area (Å²) in [6, 6.07) is 7.11. The number of rotatable bonds is 8. The zero-order valence-electron chi connectivity index (χ0n) is 18.9. The first-order valence-corrected chi connectivity index (χ1v) is 13.6. The van der Waals surface area contributed by atoms with Gasteiger partial charge in [0.05, 0.1) is 27.8 Å². The maximum Gasteiger partial charge on any atom is 0.235 e. The number of thioether (sulfide) groups is 1. The van der Waals surface area contributed by atoms with Crippen LogP contribution in [0.5, 0.6) is 0 Å². The molecule has 1 aromatic carbocycles. The van der Waals surface area contributed by atoms with Gasteiger partial charge in [0.2, 0.25) is 11.8 Å². The number of aryl methyl sites for hydroxylation is 1. The zero-order valence-corrected chi connectivity index (χ0v) is 22.0. The van der Waals surface area contributed by atoms with Crippen LogP contribution in [0.4, 0.5) is 10.7 Å². The molecule has 4 rings (SSSR count). The minimum atomic E-state index is -0.273. The zero-order chi connectivity index (χ0) is 24.9. The third-order valence-corrected chi connectivity index (χ3v) is 8.41. The van der Waals surface area contributed by atoms with Gasteiger partial charge in [0, 0.05) is 17.1 Å². The fourth-order valence-corrected chi connectivity index (χ4v) is 6.24. The molecule has 8 nitrogen and oxygen atoms in total. The molecule has 2 amide bonds. The van der Waals surface area contributed by atoms with Crippen molar-refractivity contribution in [3.63, 3.8) is 0 Å². The molecule has 2 aromatic heterocycles. The molecule has 1 aliphatic rings. The Hall–Kier alpha value is -2.58. The Morgan fingerprint density at radius 1 is 1.17 bits per heavy atom. The molecule has 0 saturated heterocycles. The Kier molecular flexibility index (Phi) is 8.34. The predicted molar refractivity (Wildman–Crippen MR) is 140 cm³/mol. The Bertz CT molecular complexity index is 1310. The second-order valence-electron chi connectivity index (χ2n) is 7.86. The van der Waals surface area contributed by atoms with Gasteiger partial charge >= 0.3 is 0 Å². The minimum absolute atomic E-state index is 0.0140. The van der Waals surface area contributed by atoms with E-state index in [0.717, 1.165) is 31.2 Å². The van der Waals surface area contributed by atoms with Crippen LogP contribution in [-0.2, 0) is 35.4 Å². The van der Waals surface area contributed by atoms with Gasteiger partial charge in [0.15, 0.2) is 5.16 Å². The number of carbonyl (C=O) groups excluding carboxylic acids is 2. The fraction of sp³-hybridized carbons (Fsp3) is 0.348. The van der Waals surface area contributed by atoms with E-state index in [1.807, 2.05) is 6.92 Å². The van der Waals surface area contributed by atoms with Crippen LogP contribution in [0.15, 0.2) is 23.4 Å². The van der Waals surface area contributed by atoms with Gasteiger partial charge in [-0.2, -0.15) is 5.26 Å². The molecule has 0 atom stereocenters. The van der Waals surface area contributed by atoms with Crippen molar-refractivity contribution in [2.45, 2.75) is 50.7 Å². The number of hydrogen-bond acceptors (Lipinski definition) is 7. The molecule has 0 radical (unpaired) electrons. The molecule has 0 bridgehead atoms. The Labute approximate surface area is 221 Å². The number of nitrogens with one attached hydrogen (secondary N) is 2. The summed E-state index contributed by atoms with van der Waals surface area (Å²) in [5.41, 5.74) is 2.21. The average molecular weight is 550 g/mol. The molecule has 3 aromatic rings. The monoisotopic (exact) mass is 548 g/mol. The summed E-state index contributed by atoms with van der Waals surface area (Å²) in [4.78, 5) is 26.3. The van der Waals surface area contributed by atoms with Gasteiger partial charge in [0.1, 0.15) is 16.9 Å². The molecular formula is C23H22Cl2N6O2S2. The van der Waals surface area contributed by atoms with Gasteiger partial charge in [-0.05, 0) is 56.4 Å². The summed E-state index contributed by atoms with van der Waals surface area (Å²) in [6.07, 6.45) is 4.05. The smallest absolute Gasteiger partial charge is 0.235 e. The molecule has 0 fully saturated rings. The summed E-state index contributed by atoms with van der Waals surface area (Å²) in [6.45, 7) is 2.46. The number of amides is 2. The summed E-state index contributed by atoms with van der Waals surface area (Å²) >= 11 is 14.7. The summed E-state index contributed by atoms with van der Waals surface area (Å²) in [5.74, 6) is 0.118. The lowest BCUT2D eigenvalue weighted by Crippen LogP contribution is -2.18. The first-order valence-electron chi connectivity index (χ1n) is 11.0. The molecule has 1 aliphatic carbocycles. The van der Waals surface area contributed by atoms with E-state index in [9.17, 15) is 14.9 Å². The van der Waals surface area contributed by atoms with E-state index in [1.165, 1.54) is 28.0 Å². The molecule has 182 valence electrons. The molecular weight excluding hydrogens is 527 g/mol. The maximum absolute atomic E-state index is 12.6. The summed E-state index contributed by atoms with van der Waals surface area (Å²) in [7, 11) is 0. The van der Waals surface area contributed by atoms with E-state index in [-0.39, 0.29) is 24.0 Å². The van der Waals surface area contributed by atoms with Crippen LogP contribution >= 0.6 is 46.3 Å². The van der Waals surface area contributed by atoms with Gasteiger partial charge in [0.25, 0.3) is 0 Å². The van der Waals surface area contributed by atoms with Crippen molar-refractivity contribution in [3.05, 3.63) is 50.1 Å². The van der Waals surface area contributed by atoms with Crippen LogP contribution < -0.4 is 10.6 Å². The topological polar surface area (TPSA) is 113 Å². The van der Waals surface area contributed by atoms with Crippen LogP contribution in [0.3, 0.4) is 0 Å². The maximum atomic E-state index is 12.6. The SMILES string of the molecule is CCn1c(CC(=O)Nc2ccc(Cl)c(Cl)c2)nnc1SCC(=O)Nc1sc2c(c1C#N)CCCC2. The van der Waals surface area contributed by atoms with E-state index >= 15 is 0 Å². The number of aromatic nitrogens is 3. The number of hydrogen-bond donors (Lipinski definition) is 2. The van der Waals surface area contributed by atoms with Crippen LogP contribution in [0.1, 0.15) is 41.6 Å². The van der Waals surface area contributed by atoms with E-state index in [4.69, 9.17) is 23.2 Å². The lowest BCUT2D eigenvalue weighted by molar-refractivity contribution is -0.116. The number of nitriles is 1. The molecule has 2 heterocycles. The quantitative estimate of drug-likeness (QED) is 0.368. The number of anilines is 2. The third kappa shape index (κ3) is 5.98. The van der Waals surface area contributed by atoms with Crippen molar-refractivity contribution in [2.75, 3.05) is 16.4 Å². The highest BCUT2D eigenvalue weighted by Crippen LogP contribution is 2.37. The normalized spacial score (nSPS) is 12.6. The first-order chi connectivity index (χ1) is 16.9. The standard InChI is InChI=1S/C23H22Cl2N6O2S2/c1-2-31-19(10-20(32)27-13-7-8-16(24)17(25)9-13)29-30-23(31)34-12-21(33)28-22-15(11-26)14-5-3-4-6-18(14)35-22/h7-9H,2-6,10,12H2,1H3,(H,27,32)(H,28,33). The van der Waals surface area contributed by atoms with Gasteiger partial charge in [-0.15, -0.1) is 21.5 Å². The largest absolute Gasteiger partial charge is 0.326 e. The van der Waals surface area contributed by atoms with Gasteiger partial charge in [-0.25, -0.2) is 0 Å². The second kappa shape index (κ2) is 11.4. The Morgan fingerprint density at radius 3 is 2.71 bits per heavy atom. The Balaban J connectivity index is 1.36. The number of benzene rings is 1. The number of carbonyl (C=O) groups is 2. The van der Waals surface area contributed by atoms with Crippen LogP contribution in [0.25, 0.3) is 0 Å². The van der Waals surface area contributed by atoms with E-state index in [2.05, 4.69) is 26.9 Å². The van der Waals surface area contributed by atoms with E-state index < -0.39 is 0 Å². The Morgan fingerprint density at radius 2 is 1.97 bits per heavy atom. The van der Waals surface area contributed by atoms with Crippen molar-refractivity contribution in [3.8, 4) is 6.07 Å². The van der Waals surface area contributed by atoms with Gasteiger partial charge in [-0.3, -0.25) is 9.59 Å². The first kappa shape index (κ1) is 25.5. The molecule has 0 aliphatic heterocycles. The lowest BCUT2D eigenvalue weighted by Gasteiger charge is -2.09. The number of nitrogens with zero attached hydrogens (tertiary/aromatic N) is 4. The summed E-state index contributed by atoms with van der Waals surface area (Å²) in [5, 5.41) is 25.5. The van der Waals surface area contributed by atoms with Crippen LogP contribution in [0.2, 0.25) is 10.0 Å². The number of thiophene rings is 1. The lowest BCUT2D eigenvalue weighted by atomic mass is 9.96. The number of fused-ring (bicyclic) bond motifs is 1. The minimum Gasteiger partial charge on any atom is -0.326 e. The van der Waals surface area contributed by atoms with Crippen LogP contribution in [0, 0.1) is 11.3 Å². The molecule has 35 heavy (non-hydrogen) atoms. The van der Waals surface area contributed by atoms with Gasteiger partial charge < -0.3 is 15.2 Å². The highest BCUT2D eigenvalue weighted by atomic mass is 35.5. The molecule has 12 heteroatoms. The highest BCUT2D eigenvalue weighted by molar-refractivity contribution is 7.99. The van der Waals surface area contributed by atoms with Crippen LogP contribution in [-0.4, -0.2) is 32.3 Å². The number of halogens is 2. The summed E-state index contributed by atoms with van der Waals surface area (Å²) < 4.78 is 1.80.